The first-order valence-corrected chi connectivity index (χ1v) is 9.55. The van der Waals surface area contributed by atoms with Crippen LogP contribution in [0.15, 0.2) is 65.8 Å². The Kier molecular flexibility index (Phi) is 5.26. The standard InChI is InChI=1S/C21H22FN5O2/c22-17-6-4-16(5-7-17)15-26-13-1-3-18(19(26)28)25-20(29)21(8-11-23-12-9-21)27-14-2-10-24-27/h1-7,10,13-14,23H,8-9,11-12,15H2,(H,25,29). The van der Waals surface area contributed by atoms with E-state index < -0.39 is 5.54 Å². The summed E-state index contributed by atoms with van der Waals surface area (Å²) in [5, 5.41) is 10.4. The highest BCUT2D eigenvalue weighted by Gasteiger charge is 2.42. The average molecular weight is 395 g/mol. The quantitative estimate of drug-likeness (QED) is 0.692. The van der Waals surface area contributed by atoms with Crippen LogP contribution in [0, 0.1) is 5.82 Å². The molecule has 150 valence electrons. The molecule has 0 spiro atoms. The maximum absolute atomic E-state index is 13.3. The number of pyridine rings is 1. The third kappa shape index (κ3) is 3.84. The lowest BCUT2D eigenvalue weighted by Gasteiger charge is -2.36. The molecule has 0 aliphatic carbocycles. The van der Waals surface area contributed by atoms with Crippen molar-refractivity contribution in [2.45, 2.75) is 24.9 Å². The molecule has 0 radical (unpaired) electrons. The summed E-state index contributed by atoms with van der Waals surface area (Å²) >= 11 is 0. The molecule has 1 aliphatic rings. The van der Waals surface area contributed by atoms with E-state index in [-0.39, 0.29) is 29.5 Å². The monoisotopic (exact) mass is 395 g/mol. The van der Waals surface area contributed by atoms with Gasteiger partial charge in [0, 0.05) is 18.6 Å². The third-order valence-corrected chi connectivity index (χ3v) is 5.33. The van der Waals surface area contributed by atoms with Gasteiger partial charge in [0.2, 0.25) is 0 Å². The summed E-state index contributed by atoms with van der Waals surface area (Å²) in [4.78, 5) is 26.1. The molecule has 1 aliphatic heterocycles. The van der Waals surface area contributed by atoms with Crippen molar-refractivity contribution < 1.29 is 9.18 Å². The molecule has 3 heterocycles. The number of amides is 1. The smallest absolute Gasteiger partial charge is 0.274 e. The van der Waals surface area contributed by atoms with Gasteiger partial charge in [-0.05, 0) is 61.8 Å². The van der Waals surface area contributed by atoms with Gasteiger partial charge in [-0.1, -0.05) is 12.1 Å². The van der Waals surface area contributed by atoms with E-state index in [9.17, 15) is 14.0 Å². The Balaban J connectivity index is 1.59. The highest BCUT2D eigenvalue weighted by molar-refractivity contribution is 5.96. The number of hydrogen-bond donors (Lipinski definition) is 2. The van der Waals surface area contributed by atoms with E-state index >= 15 is 0 Å². The Morgan fingerprint density at radius 3 is 2.59 bits per heavy atom. The van der Waals surface area contributed by atoms with Crippen LogP contribution in [-0.2, 0) is 16.9 Å². The van der Waals surface area contributed by atoms with Crippen molar-refractivity contribution in [3.05, 3.63) is 82.8 Å². The zero-order valence-electron chi connectivity index (χ0n) is 15.8. The maximum Gasteiger partial charge on any atom is 0.274 e. The summed E-state index contributed by atoms with van der Waals surface area (Å²) in [6, 6.07) is 11.1. The molecule has 8 heteroatoms. The van der Waals surface area contributed by atoms with Crippen molar-refractivity contribution in [1.29, 1.82) is 0 Å². The van der Waals surface area contributed by atoms with E-state index in [1.54, 1.807) is 53.6 Å². The van der Waals surface area contributed by atoms with Crippen molar-refractivity contribution in [1.82, 2.24) is 19.7 Å². The number of anilines is 1. The molecule has 1 amide bonds. The second kappa shape index (κ2) is 8.00. The summed E-state index contributed by atoms with van der Waals surface area (Å²) < 4.78 is 16.3. The Morgan fingerprint density at radius 1 is 1.14 bits per heavy atom. The fraction of sp³-hybridized carbons (Fsp3) is 0.286. The van der Waals surface area contributed by atoms with Gasteiger partial charge >= 0.3 is 0 Å². The van der Waals surface area contributed by atoms with Crippen LogP contribution >= 0.6 is 0 Å². The van der Waals surface area contributed by atoms with Gasteiger partial charge in [-0.25, -0.2) is 4.39 Å². The summed E-state index contributed by atoms with van der Waals surface area (Å²) in [5.74, 6) is -0.577. The van der Waals surface area contributed by atoms with Gasteiger partial charge in [-0.15, -0.1) is 0 Å². The second-order valence-corrected chi connectivity index (χ2v) is 7.17. The van der Waals surface area contributed by atoms with E-state index in [1.165, 1.54) is 16.7 Å². The zero-order valence-corrected chi connectivity index (χ0v) is 15.8. The molecule has 1 saturated heterocycles. The molecule has 7 nitrogen and oxygen atoms in total. The predicted molar refractivity (Wildman–Crippen MR) is 107 cm³/mol. The topological polar surface area (TPSA) is 81.0 Å². The minimum absolute atomic E-state index is 0.213. The number of aromatic nitrogens is 3. The molecular formula is C21H22FN5O2. The third-order valence-electron chi connectivity index (χ3n) is 5.33. The number of nitrogens with zero attached hydrogens (tertiary/aromatic N) is 3. The summed E-state index contributed by atoms with van der Waals surface area (Å²) in [6.07, 6.45) is 6.24. The Bertz CT molecular complexity index is 1040. The van der Waals surface area contributed by atoms with Crippen LogP contribution in [0.4, 0.5) is 10.1 Å². The molecule has 0 unspecified atom stereocenters. The number of carbonyl (C=O) groups excluding carboxylic acids is 1. The van der Waals surface area contributed by atoms with Crippen molar-refractivity contribution in [2.24, 2.45) is 0 Å². The lowest BCUT2D eigenvalue weighted by molar-refractivity contribution is -0.126. The van der Waals surface area contributed by atoms with E-state index in [2.05, 4.69) is 15.7 Å². The second-order valence-electron chi connectivity index (χ2n) is 7.17. The van der Waals surface area contributed by atoms with Gasteiger partial charge < -0.3 is 15.2 Å². The number of nitrogens with one attached hydrogen (secondary N) is 2. The number of carbonyl (C=O) groups is 1. The first-order valence-electron chi connectivity index (χ1n) is 9.55. The van der Waals surface area contributed by atoms with Gasteiger partial charge in [0.25, 0.3) is 11.5 Å². The number of rotatable bonds is 5. The Hall–Kier alpha value is -3.26. The van der Waals surface area contributed by atoms with E-state index in [0.717, 1.165) is 5.56 Å². The van der Waals surface area contributed by atoms with Crippen molar-refractivity contribution in [3.8, 4) is 0 Å². The molecule has 1 aromatic carbocycles. The van der Waals surface area contributed by atoms with E-state index in [1.807, 2.05) is 0 Å². The molecule has 0 saturated carbocycles. The largest absolute Gasteiger partial charge is 0.319 e. The lowest BCUT2D eigenvalue weighted by Crippen LogP contribution is -2.52. The fourth-order valence-electron chi connectivity index (χ4n) is 3.70. The highest BCUT2D eigenvalue weighted by atomic mass is 19.1. The van der Waals surface area contributed by atoms with Crippen molar-refractivity contribution in [2.75, 3.05) is 18.4 Å². The normalized spacial score (nSPS) is 15.8. The Labute approximate surface area is 167 Å². The van der Waals surface area contributed by atoms with Gasteiger partial charge in [0.15, 0.2) is 0 Å². The number of halogens is 1. The fourth-order valence-corrected chi connectivity index (χ4v) is 3.70. The van der Waals surface area contributed by atoms with Crippen LogP contribution < -0.4 is 16.2 Å². The van der Waals surface area contributed by atoms with E-state index in [0.29, 0.717) is 25.9 Å². The van der Waals surface area contributed by atoms with Crippen LogP contribution in [0.25, 0.3) is 0 Å². The summed E-state index contributed by atoms with van der Waals surface area (Å²) in [7, 11) is 0. The molecule has 29 heavy (non-hydrogen) atoms. The highest BCUT2D eigenvalue weighted by Crippen LogP contribution is 2.28. The van der Waals surface area contributed by atoms with Crippen molar-refractivity contribution >= 4 is 11.6 Å². The SMILES string of the molecule is O=C(Nc1cccn(Cc2ccc(F)cc2)c1=O)C1(n2cccn2)CCNCC1. The summed E-state index contributed by atoms with van der Waals surface area (Å²) in [5.41, 5.74) is -0.138. The lowest BCUT2D eigenvalue weighted by atomic mass is 9.87. The van der Waals surface area contributed by atoms with Gasteiger partial charge in [0.05, 0.1) is 6.54 Å². The van der Waals surface area contributed by atoms with Crippen LogP contribution in [0.3, 0.4) is 0 Å². The van der Waals surface area contributed by atoms with Crippen LogP contribution in [-0.4, -0.2) is 33.3 Å². The number of hydrogen-bond acceptors (Lipinski definition) is 4. The molecular weight excluding hydrogens is 373 g/mol. The number of benzene rings is 1. The summed E-state index contributed by atoms with van der Waals surface area (Å²) in [6.45, 7) is 1.67. The maximum atomic E-state index is 13.3. The minimum atomic E-state index is -0.835. The van der Waals surface area contributed by atoms with Gasteiger partial charge in [-0.2, -0.15) is 5.10 Å². The zero-order chi connectivity index (χ0) is 20.3. The van der Waals surface area contributed by atoms with Crippen LogP contribution in [0.2, 0.25) is 0 Å². The molecule has 0 atom stereocenters. The Morgan fingerprint density at radius 2 is 1.90 bits per heavy atom. The molecule has 2 aromatic heterocycles. The molecule has 3 aromatic rings. The predicted octanol–water partition coefficient (Wildman–Crippen LogP) is 1.95. The minimum Gasteiger partial charge on any atom is -0.319 e. The molecule has 0 bridgehead atoms. The first-order chi connectivity index (χ1) is 14.1. The first kappa shape index (κ1) is 19.1. The molecule has 1 fully saturated rings. The van der Waals surface area contributed by atoms with Crippen LogP contribution in [0.5, 0.6) is 0 Å². The average Bonchev–Trinajstić information content (AvgIpc) is 3.28. The molecule has 4 rings (SSSR count). The molecule has 2 N–H and O–H groups in total. The van der Waals surface area contributed by atoms with Gasteiger partial charge in [-0.3, -0.25) is 14.3 Å². The van der Waals surface area contributed by atoms with Gasteiger partial charge in [0.1, 0.15) is 17.0 Å². The van der Waals surface area contributed by atoms with Crippen LogP contribution in [0.1, 0.15) is 18.4 Å². The van der Waals surface area contributed by atoms with E-state index in [4.69, 9.17) is 0 Å². The number of piperidine rings is 1. The van der Waals surface area contributed by atoms with Crippen molar-refractivity contribution in [3.63, 3.8) is 0 Å².